The van der Waals surface area contributed by atoms with E-state index in [0.29, 0.717) is 12.5 Å². The molecule has 0 bridgehead atoms. The van der Waals surface area contributed by atoms with Crippen LogP contribution in [0.1, 0.15) is 43.2 Å². The molecule has 0 unspecified atom stereocenters. The summed E-state index contributed by atoms with van der Waals surface area (Å²) in [7, 11) is 1.69. The molecule has 3 aliphatic rings. The summed E-state index contributed by atoms with van der Waals surface area (Å²) < 4.78 is 5.28. The summed E-state index contributed by atoms with van der Waals surface area (Å²) in [6.07, 6.45) is 7.83. The van der Waals surface area contributed by atoms with Gasteiger partial charge in [-0.2, -0.15) is 0 Å². The molecule has 1 saturated heterocycles. The lowest BCUT2D eigenvalue weighted by Crippen LogP contribution is -2.54. The van der Waals surface area contributed by atoms with Gasteiger partial charge >= 0.3 is 0 Å². The molecule has 5 nitrogen and oxygen atoms in total. The summed E-state index contributed by atoms with van der Waals surface area (Å²) in [5, 5.41) is 0. The first kappa shape index (κ1) is 26.1. The second-order valence-electron chi connectivity index (χ2n) is 11.5. The van der Waals surface area contributed by atoms with Crippen LogP contribution in [0.2, 0.25) is 0 Å². The van der Waals surface area contributed by atoms with E-state index in [4.69, 9.17) is 4.74 Å². The summed E-state index contributed by atoms with van der Waals surface area (Å²) >= 11 is 0. The molecule has 0 radical (unpaired) electrons. The fourth-order valence-electron chi connectivity index (χ4n) is 6.64. The van der Waals surface area contributed by atoms with Crippen LogP contribution in [0, 0.1) is 0 Å². The quantitative estimate of drug-likeness (QED) is 0.405. The van der Waals surface area contributed by atoms with E-state index in [2.05, 4.69) is 69.3 Å². The van der Waals surface area contributed by atoms with Crippen LogP contribution in [-0.4, -0.2) is 73.0 Å². The standard InChI is InChI=1S/C34H41N3O2/c1-39-33-15-13-27(14-16-33)26-7-9-28(10-8-26)29-11-12-31-24-35(18-17-30(31)23-29)25-34(38)37-21-19-36(20-22-37)32-5-3-2-4-6-32/h7-16,23,32H,2-6,17-22,24-25H2,1H3. The highest BCUT2D eigenvalue weighted by molar-refractivity contribution is 5.78. The van der Waals surface area contributed by atoms with Gasteiger partial charge in [-0.1, -0.05) is 73.9 Å². The van der Waals surface area contributed by atoms with Gasteiger partial charge < -0.3 is 9.64 Å². The molecule has 6 rings (SSSR count). The van der Waals surface area contributed by atoms with Gasteiger partial charge in [-0.25, -0.2) is 0 Å². The van der Waals surface area contributed by atoms with E-state index < -0.39 is 0 Å². The Labute approximate surface area is 233 Å². The zero-order chi connectivity index (χ0) is 26.6. The molecule has 0 N–H and O–H groups in total. The molecule has 2 aliphatic heterocycles. The molecule has 5 heteroatoms. The van der Waals surface area contributed by atoms with Crippen LogP contribution in [-0.2, 0) is 17.8 Å². The Kier molecular flexibility index (Phi) is 7.98. The molecule has 3 aromatic rings. The molecule has 1 aliphatic carbocycles. The third-order valence-electron chi connectivity index (χ3n) is 9.06. The third-order valence-corrected chi connectivity index (χ3v) is 9.06. The number of nitrogens with zero attached hydrogens (tertiary/aromatic N) is 3. The molecule has 0 atom stereocenters. The summed E-state index contributed by atoms with van der Waals surface area (Å²) in [4.78, 5) is 20.2. The Hall–Kier alpha value is -3.15. The van der Waals surface area contributed by atoms with E-state index in [1.807, 2.05) is 12.1 Å². The number of rotatable bonds is 6. The Morgan fingerprint density at radius 1 is 0.744 bits per heavy atom. The lowest BCUT2D eigenvalue weighted by Gasteiger charge is -2.41. The molecule has 39 heavy (non-hydrogen) atoms. The van der Waals surface area contributed by atoms with Crippen molar-refractivity contribution < 1.29 is 9.53 Å². The van der Waals surface area contributed by atoms with Crippen LogP contribution in [0.3, 0.4) is 0 Å². The van der Waals surface area contributed by atoms with Crippen molar-refractivity contribution in [1.29, 1.82) is 0 Å². The predicted octanol–water partition coefficient (Wildman–Crippen LogP) is 5.86. The number of benzene rings is 3. The smallest absolute Gasteiger partial charge is 0.236 e. The molecule has 2 fully saturated rings. The van der Waals surface area contributed by atoms with Crippen molar-refractivity contribution in [3.8, 4) is 28.0 Å². The number of amides is 1. The first-order valence-electron chi connectivity index (χ1n) is 14.8. The molecule has 1 saturated carbocycles. The summed E-state index contributed by atoms with van der Waals surface area (Å²) in [6, 6.07) is 24.6. The van der Waals surface area contributed by atoms with Crippen molar-refractivity contribution in [2.75, 3.05) is 46.4 Å². The van der Waals surface area contributed by atoms with Crippen molar-refractivity contribution in [2.24, 2.45) is 0 Å². The maximum Gasteiger partial charge on any atom is 0.236 e. The summed E-state index contributed by atoms with van der Waals surface area (Å²) in [5.74, 6) is 1.18. The minimum Gasteiger partial charge on any atom is -0.497 e. The minimum atomic E-state index is 0.301. The number of fused-ring (bicyclic) bond motifs is 1. The normalized spacial score (nSPS) is 19.1. The van der Waals surface area contributed by atoms with E-state index in [1.54, 1.807) is 7.11 Å². The van der Waals surface area contributed by atoms with Gasteiger partial charge in [-0.15, -0.1) is 0 Å². The molecular weight excluding hydrogens is 482 g/mol. The lowest BCUT2D eigenvalue weighted by atomic mass is 9.93. The number of methoxy groups -OCH3 is 1. The molecule has 2 heterocycles. The molecule has 204 valence electrons. The number of carbonyl (C=O) groups excluding carboxylic acids is 1. The van der Waals surface area contributed by atoms with E-state index in [1.165, 1.54) is 65.5 Å². The number of carbonyl (C=O) groups is 1. The van der Waals surface area contributed by atoms with Gasteiger partial charge in [0.05, 0.1) is 13.7 Å². The monoisotopic (exact) mass is 523 g/mol. The molecule has 0 spiro atoms. The van der Waals surface area contributed by atoms with E-state index in [0.717, 1.165) is 57.5 Å². The lowest BCUT2D eigenvalue weighted by molar-refractivity contribution is -0.134. The molecule has 3 aromatic carbocycles. The van der Waals surface area contributed by atoms with Gasteiger partial charge in [-0.05, 0) is 64.8 Å². The predicted molar refractivity (Wildman–Crippen MR) is 158 cm³/mol. The highest BCUT2D eigenvalue weighted by atomic mass is 16.5. The Balaban J connectivity index is 1.03. The van der Waals surface area contributed by atoms with Gasteiger partial charge in [0.15, 0.2) is 0 Å². The summed E-state index contributed by atoms with van der Waals surface area (Å²) in [6.45, 7) is 6.21. The Morgan fingerprint density at radius 2 is 1.36 bits per heavy atom. The van der Waals surface area contributed by atoms with E-state index in [9.17, 15) is 4.79 Å². The van der Waals surface area contributed by atoms with Crippen LogP contribution in [0.25, 0.3) is 22.3 Å². The fourth-order valence-corrected chi connectivity index (χ4v) is 6.64. The Morgan fingerprint density at radius 3 is 2.03 bits per heavy atom. The van der Waals surface area contributed by atoms with Crippen molar-refractivity contribution in [1.82, 2.24) is 14.7 Å². The number of ether oxygens (including phenoxy) is 1. The van der Waals surface area contributed by atoms with Crippen LogP contribution in [0.5, 0.6) is 5.75 Å². The second-order valence-corrected chi connectivity index (χ2v) is 11.5. The SMILES string of the molecule is COc1ccc(-c2ccc(-c3ccc4c(c3)CCN(CC(=O)N3CCN(C5CCCCC5)CC3)C4)cc2)cc1. The summed E-state index contributed by atoms with van der Waals surface area (Å²) in [5.41, 5.74) is 7.66. The van der Waals surface area contributed by atoms with Gasteiger partial charge in [0, 0.05) is 45.3 Å². The average Bonchev–Trinajstić information content (AvgIpc) is 3.01. The molecule has 1 amide bonds. The average molecular weight is 524 g/mol. The van der Waals surface area contributed by atoms with Crippen molar-refractivity contribution in [3.05, 3.63) is 77.9 Å². The third kappa shape index (κ3) is 6.05. The van der Waals surface area contributed by atoms with Crippen molar-refractivity contribution in [3.63, 3.8) is 0 Å². The van der Waals surface area contributed by atoms with Crippen LogP contribution < -0.4 is 4.74 Å². The van der Waals surface area contributed by atoms with Gasteiger partial charge in [0.1, 0.15) is 5.75 Å². The number of piperazine rings is 1. The highest BCUT2D eigenvalue weighted by Gasteiger charge is 2.28. The zero-order valence-corrected chi connectivity index (χ0v) is 23.3. The largest absolute Gasteiger partial charge is 0.497 e. The maximum absolute atomic E-state index is 13.1. The van der Waals surface area contributed by atoms with Crippen LogP contribution in [0.15, 0.2) is 66.7 Å². The van der Waals surface area contributed by atoms with Crippen molar-refractivity contribution >= 4 is 5.91 Å². The Bertz CT molecular complexity index is 1260. The minimum absolute atomic E-state index is 0.301. The topological polar surface area (TPSA) is 36.0 Å². The van der Waals surface area contributed by atoms with Crippen LogP contribution in [0.4, 0.5) is 0 Å². The van der Waals surface area contributed by atoms with E-state index in [-0.39, 0.29) is 0 Å². The van der Waals surface area contributed by atoms with Gasteiger partial charge in [-0.3, -0.25) is 14.6 Å². The highest BCUT2D eigenvalue weighted by Crippen LogP contribution is 2.29. The second kappa shape index (κ2) is 11.9. The fraction of sp³-hybridized carbons (Fsp3) is 0.441. The maximum atomic E-state index is 13.1. The first-order valence-corrected chi connectivity index (χ1v) is 14.8. The first-order chi connectivity index (χ1) is 19.2. The van der Waals surface area contributed by atoms with Crippen LogP contribution >= 0.6 is 0 Å². The van der Waals surface area contributed by atoms with E-state index >= 15 is 0 Å². The molecular formula is C34H41N3O2. The zero-order valence-electron chi connectivity index (χ0n) is 23.3. The number of hydrogen-bond acceptors (Lipinski definition) is 4. The van der Waals surface area contributed by atoms with Gasteiger partial charge in [0.25, 0.3) is 0 Å². The van der Waals surface area contributed by atoms with Crippen molar-refractivity contribution in [2.45, 2.75) is 51.1 Å². The van der Waals surface area contributed by atoms with Gasteiger partial charge in [0.2, 0.25) is 5.91 Å². The number of hydrogen-bond donors (Lipinski definition) is 0. The molecule has 0 aromatic heterocycles.